The Bertz CT molecular complexity index is 1030. The van der Waals surface area contributed by atoms with E-state index in [9.17, 15) is 0 Å². The van der Waals surface area contributed by atoms with E-state index in [0.29, 0.717) is 17.5 Å². The summed E-state index contributed by atoms with van der Waals surface area (Å²) < 4.78 is 5.59. The zero-order valence-electron chi connectivity index (χ0n) is 17.7. The van der Waals surface area contributed by atoms with Gasteiger partial charge in [0.05, 0.1) is 11.2 Å². The second-order valence-corrected chi connectivity index (χ2v) is 8.31. The van der Waals surface area contributed by atoms with Crippen LogP contribution < -0.4 is 15.4 Å². The first-order valence-corrected chi connectivity index (χ1v) is 11.4. The van der Waals surface area contributed by atoms with Crippen LogP contribution >= 0.6 is 11.6 Å². The predicted molar refractivity (Wildman–Crippen MR) is 129 cm³/mol. The van der Waals surface area contributed by atoms with Crippen LogP contribution in [0.25, 0.3) is 22.2 Å². The Morgan fingerprint density at radius 3 is 3.03 bits per heavy atom. The van der Waals surface area contributed by atoms with Crippen molar-refractivity contribution in [1.82, 2.24) is 15.3 Å². The second kappa shape index (κ2) is 10.6. The van der Waals surface area contributed by atoms with Gasteiger partial charge in [0.2, 0.25) is 5.88 Å². The van der Waals surface area contributed by atoms with Crippen LogP contribution in [-0.4, -0.2) is 36.2 Å². The first-order chi connectivity index (χ1) is 15.3. The number of fused-ring (bicyclic) bond motifs is 1. The van der Waals surface area contributed by atoms with Gasteiger partial charge in [-0.15, -0.1) is 0 Å². The highest BCUT2D eigenvalue weighted by molar-refractivity contribution is 6.34. The molecule has 0 saturated carbocycles. The van der Waals surface area contributed by atoms with Crippen molar-refractivity contribution in [3.05, 3.63) is 60.3 Å². The maximum Gasteiger partial charge on any atom is 0.233 e. The standard InChI is InChI=1S/C25H29ClN4O/c1-2-15-31-25-24(26)20(11-14-29-25)23-16-22(19-9-3-4-10-21(19)30-23)28-13-6-8-18-7-5-12-27-17-18/h2-4,9-11,14,16,18,27H,1,5-8,12-13,15,17H2,(H,28,30). The number of halogens is 1. The molecule has 6 heteroatoms. The van der Waals surface area contributed by atoms with Crippen molar-refractivity contribution in [3.8, 4) is 17.1 Å². The maximum atomic E-state index is 6.61. The van der Waals surface area contributed by atoms with E-state index in [2.05, 4.69) is 34.3 Å². The Kier molecular flexibility index (Phi) is 7.39. The molecule has 2 aromatic heterocycles. The molecule has 1 aromatic carbocycles. The quantitative estimate of drug-likeness (QED) is 0.332. The van der Waals surface area contributed by atoms with E-state index < -0.39 is 0 Å². The Hall–Kier alpha value is -2.63. The van der Waals surface area contributed by atoms with Crippen LogP contribution in [-0.2, 0) is 0 Å². The lowest BCUT2D eigenvalue weighted by Gasteiger charge is -2.22. The van der Waals surface area contributed by atoms with Gasteiger partial charge in [-0.05, 0) is 62.9 Å². The molecule has 4 rings (SSSR count). The highest BCUT2D eigenvalue weighted by Gasteiger charge is 2.15. The molecular weight excluding hydrogens is 408 g/mol. The number of aromatic nitrogens is 2. The monoisotopic (exact) mass is 436 g/mol. The van der Waals surface area contributed by atoms with Gasteiger partial charge in [0.1, 0.15) is 11.6 Å². The minimum Gasteiger partial charge on any atom is -0.472 e. The van der Waals surface area contributed by atoms with Crippen molar-refractivity contribution < 1.29 is 4.74 Å². The molecule has 0 amide bonds. The van der Waals surface area contributed by atoms with Crippen LogP contribution in [0.5, 0.6) is 5.88 Å². The molecule has 3 heterocycles. The van der Waals surface area contributed by atoms with E-state index in [4.69, 9.17) is 21.3 Å². The summed E-state index contributed by atoms with van der Waals surface area (Å²) in [6, 6.07) is 12.1. The van der Waals surface area contributed by atoms with Gasteiger partial charge in [0.25, 0.3) is 0 Å². The molecule has 0 bridgehead atoms. The van der Waals surface area contributed by atoms with E-state index in [1.54, 1.807) is 12.3 Å². The number of nitrogens with zero attached hydrogens (tertiary/aromatic N) is 2. The lowest BCUT2D eigenvalue weighted by atomic mass is 9.95. The number of para-hydroxylation sites is 1. The number of hydrogen-bond acceptors (Lipinski definition) is 5. The van der Waals surface area contributed by atoms with Gasteiger partial charge in [-0.1, -0.05) is 42.5 Å². The third-order valence-electron chi connectivity index (χ3n) is 5.69. The predicted octanol–water partition coefficient (Wildman–Crippen LogP) is 5.71. The number of benzene rings is 1. The van der Waals surface area contributed by atoms with Crippen molar-refractivity contribution >= 4 is 28.2 Å². The van der Waals surface area contributed by atoms with Gasteiger partial charge >= 0.3 is 0 Å². The molecule has 1 saturated heterocycles. The number of rotatable bonds is 9. The Balaban J connectivity index is 1.56. The molecule has 0 radical (unpaired) electrons. The fourth-order valence-electron chi connectivity index (χ4n) is 4.10. The molecule has 1 unspecified atom stereocenters. The average Bonchev–Trinajstić information content (AvgIpc) is 2.81. The van der Waals surface area contributed by atoms with Crippen molar-refractivity contribution in [2.45, 2.75) is 25.7 Å². The number of ether oxygens (including phenoxy) is 1. The molecule has 1 atom stereocenters. The zero-order chi connectivity index (χ0) is 21.5. The first kappa shape index (κ1) is 21.6. The zero-order valence-corrected chi connectivity index (χ0v) is 18.5. The third-order valence-corrected chi connectivity index (χ3v) is 6.06. The second-order valence-electron chi connectivity index (χ2n) is 7.93. The summed E-state index contributed by atoms with van der Waals surface area (Å²) in [6.07, 6.45) is 8.39. The number of piperidine rings is 1. The SMILES string of the molecule is C=CCOc1nccc(-c2cc(NCCCC3CCCNC3)c3ccccc3n2)c1Cl. The average molecular weight is 437 g/mol. The van der Waals surface area contributed by atoms with Gasteiger partial charge in [-0.2, -0.15) is 0 Å². The Labute approximate surface area is 188 Å². The maximum absolute atomic E-state index is 6.61. The fraction of sp³-hybridized carbons (Fsp3) is 0.360. The number of pyridine rings is 2. The molecule has 31 heavy (non-hydrogen) atoms. The summed E-state index contributed by atoms with van der Waals surface area (Å²) in [5, 5.41) is 8.72. The minimum absolute atomic E-state index is 0.352. The summed E-state index contributed by atoms with van der Waals surface area (Å²) >= 11 is 6.61. The van der Waals surface area contributed by atoms with Crippen LogP contribution in [0.1, 0.15) is 25.7 Å². The van der Waals surface area contributed by atoms with Crippen LogP contribution in [0, 0.1) is 5.92 Å². The lowest BCUT2D eigenvalue weighted by Crippen LogP contribution is -2.29. The molecule has 1 aliphatic heterocycles. The summed E-state index contributed by atoms with van der Waals surface area (Å²) in [4.78, 5) is 9.10. The lowest BCUT2D eigenvalue weighted by molar-refractivity contribution is 0.349. The van der Waals surface area contributed by atoms with Gasteiger partial charge in [0, 0.05) is 29.4 Å². The number of nitrogens with one attached hydrogen (secondary N) is 2. The minimum atomic E-state index is 0.352. The van der Waals surface area contributed by atoms with Crippen LogP contribution in [0.3, 0.4) is 0 Å². The van der Waals surface area contributed by atoms with E-state index in [0.717, 1.165) is 53.3 Å². The van der Waals surface area contributed by atoms with Crippen molar-refractivity contribution in [2.75, 3.05) is 31.6 Å². The van der Waals surface area contributed by atoms with Gasteiger partial charge < -0.3 is 15.4 Å². The summed E-state index contributed by atoms with van der Waals surface area (Å²) in [5.74, 6) is 1.19. The van der Waals surface area contributed by atoms with Crippen LogP contribution in [0.4, 0.5) is 5.69 Å². The van der Waals surface area contributed by atoms with Crippen molar-refractivity contribution in [3.63, 3.8) is 0 Å². The summed E-state index contributed by atoms with van der Waals surface area (Å²) in [5.41, 5.74) is 3.61. The highest BCUT2D eigenvalue weighted by atomic mass is 35.5. The largest absolute Gasteiger partial charge is 0.472 e. The smallest absolute Gasteiger partial charge is 0.233 e. The molecule has 3 aromatic rings. The molecular formula is C25H29ClN4O. The number of anilines is 1. The van der Waals surface area contributed by atoms with Crippen molar-refractivity contribution in [2.24, 2.45) is 5.92 Å². The van der Waals surface area contributed by atoms with E-state index in [-0.39, 0.29) is 0 Å². The third kappa shape index (κ3) is 5.35. The van der Waals surface area contributed by atoms with E-state index in [1.165, 1.54) is 25.8 Å². The topological polar surface area (TPSA) is 59.1 Å². The molecule has 5 nitrogen and oxygen atoms in total. The van der Waals surface area contributed by atoms with Gasteiger partial charge in [-0.25, -0.2) is 9.97 Å². The molecule has 162 valence electrons. The molecule has 1 fully saturated rings. The van der Waals surface area contributed by atoms with Crippen LogP contribution in [0.15, 0.2) is 55.3 Å². The van der Waals surface area contributed by atoms with E-state index >= 15 is 0 Å². The van der Waals surface area contributed by atoms with Gasteiger partial charge in [0.15, 0.2) is 0 Å². The molecule has 2 N–H and O–H groups in total. The normalized spacial score (nSPS) is 16.2. The highest BCUT2D eigenvalue weighted by Crippen LogP contribution is 2.35. The molecule has 0 spiro atoms. The summed E-state index contributed by atoms with van der Waals surface area (Å²) in [6.45, 7) is 7.28. The first-order valence-electron chi connectivity index (χ1n) is 11.0. The molecule has 1 aliphatic rings. The fourth-order valence-corrected chi connectivity index (χ4v) is 4.37. The Morgan fingerprint density at radius 1 is 1.29 bits per heavy atom. The Morgan fingerprint density at radius 2 is 2.19 bits per heavy atom. The van der Waals surface area contributed by atoms with Crippen LogP contribution in [0.2, 0.25) is 5.02 Å². The van der Waals surface area contributed by atoms with E-state index in [1.807, 2.05) is 24.3 Å². The van der Waals surface area contributed by atoms with Gasteiger partial charge in [-0.3, -0.25) is 0 Å². The number of hydrogen-bond donors (Lipinski definition) is 2. The van der Waals surface area contributed by atoms with Crippen molar-refractivity contribution in [1.29, 1.82) is 0 Å². The summed E-state index contributed by atoms with van der Waals surface area (Å²) in [7, 11) is 0. The molecule has 0 aliphatic carbocycles.